The summed E-state index contributed by atoms with van der Waals surface area (Å²) < 4.78 is 5.24. The zero-order valence-corrected chi connectivity index (χ0v) is 11.3. The van der Waals surface area contributed by atoms with Crippen molar-refractivity contribution < 1.29 is 4.74 Å². The van der Waals surface area contributed by atoms with E-state index in [1.165, 1.54) is 11.1 Å². The van der Waals surface area contributed by atoms with E-state index in [4.69, 9.17) is 4.74 Å². The highest BCUT2D eigenvalue weighted by Gasteiger charge is 1.99. The minimum Gasteiger partial charge on any atom is -0.496 e. The van der Waals surface area contributed by atoms with Gasteiger partial charge in [-0.25, -0.2) is 0 Å². The van der Waals surface area contributed by atoms with Gasteiger partial charge in [0.05, 0.1) is 7.11 Å². The first kappa shape index (κ1) is 14.0. The Balaban J connectivity index is 2.30. The maximum Gasteiger partial charge on any atom is 0.121 e. The van der Waals surface area contributed by atoms with Crippen LogP contribution in [0.4, 0.5) is 0 Å². The van der Waals surface area contributed by atoms with Crippen molar-refractivity contribution in [2.24, 2.45) is 0 Å². The summed E-state index contributed by atoms with van der Waals surface area (Å²) in [7, 11) is 1.71. The van der Waals surface area contributed by atoms with E-state index in [0.29, 0.717) is 6.04 Å². The topological polar surface area (TPSA) is 33.3 Å². The molecule has 17 heavy (non-hydrogen) atoms. The molecule has 0 spiro atoms. The van der Waals surface area contributed by atoms with E-state index in [1.807, 2.05) is 6.07 Å². The Bertz CT molecular complexity index is 337. The molecule has 3 nitrogen and oxygen atoms in total. The number of ether oxygens (including phenoxy) is 1. The van der Waals surface area contributed by atoms with Gasteiger partial charge >= 0.3 is 0 Å². The van der Waals surface area contributed by atoms with Gasteiger partial charge in [-0.1, -0.05) is 26.0 Å². The van der Waals surface area contributed by atoms with Gasteiger partial charge in [0.25, 0.3) is 0 Å². The summed E-state index contributed by atoms with van der Waals surface area (Å²) in [6.45, 7) is 9.29. The lowest BCUT2D eigenvalue weighted by Crippen LogP contribution is -2.31. The van der Waals surface area contributed by atoms with E-state index < -0.39 is 0 Å². The lowest BCUT2D eigenvalue weighted by Gasteiger charge is -2.10. The maximum atomic E-state index is 5.24. The standard InChI is InChI=1S/C14H24N2O/c1-11(2)16-8-7-15-10-13-5-6-14(17-4)12(3)9-13/h5-6,9,11,15-16H,7-8,10H2,1-4H3. The normalized spacial score (nSPS) is 10.9. The number of nitrogens with one attached hydrogen (secondary N) is 2. The second-order valence-electron chi connectivity index (χ2n) is 4.59. The predicted octanol–water partition coefficient (Wildman–Crippen LogP) is 2.09. The average molecular weight is 236 g/mol. The molecule has 0 aliphatic rings. The van der Waals surface area contributed by atoms with Crippen molar-refractivity contribution in [3.05, 3.63) is 29.3 Å². The highest BCUT2D eigenvalue weighted by Crippen LogP contribution is 2.18. The third-order valence-electron chi connectivity index (χ3n) is 2.64. The smallest absolute Gasteiger partial charge is 0.121 e. The van der Waals surface area contributed by atoms with Crippen LogP contribution in [0.2, 0.25) is 0 Å². The van der Waals surface area contributed by atoms with E-state index in [1.54, 1.807) is 7.11 Å². The fourth-order valence-electron chi connectivity index (χ4n) is 1.73. The average Bonchev–Trinajstić information content (AvgIpc) is 2.28. The second-order valence-corrected chi connectivity index (χ2v) is 4.59. The Hall–Kier alpha value is -1.06. The summed E-state index contributed by atoms with van der Waals surface area (Å²) in [6, 6.07) is 6.86. The molecule has 0 bridgehead atoms. The number of rotatable bonds is 7. The molecule has 0 atom stereocenters. The molecule has 0 amide bonds. The number of benzene rings is 1. The molecule has 0 saturated heterocycles. The SMILES string of the molecule is COc1ccc(CNCCNC(C)C)cc1C. The van der Waals surface area contributed by atoms with Crippen LogP contribution in [0.15, 0.2) is 18.2 Å². The van der Waals surface area contributed by atoms with Crippen LogP contribution < -0.4 is 15.4 Å². The minimum atomic E-state index is 0.556. The van der Waals surface area contributed by atoms with Gasteiger partial charge in [-0.2, -0.15) is 0 Å². The molecule has 0 radical (unpaired) electrons. The third-order valence-corrected chi connectivity index (χ3v) is 2.64. The monoisotopic (exact) mass is 236 g/mol. The maximum absolute atomic E-state index is 5.24. The van der Waals surface area contributed by atoms with Gasteiger partial charge in [-0.05, 0) is 24.1 Å². The highest BCUT2D eigenvalue weighted by molar-refractivity contribution is 5.36. The van der Waals surface area contributed by atoms with Gasteiger partial charge in [-0.15, -0.1) is 0 Å². The third kappa shape index (κ3) is 5.20. The van der Waals surface area contributed by atoms with Gasteiger partial charge in [0, 0.05) is 25.7 Å². The van der Waals surface area contributed by atoms with Crippen molar-refractivity contribution in [1.82, 2.24) is 10.6 Å². The molecule has 0 aromatic heterocycles. The lowest BCUT2D eigenvalue weighted by atomic mass is 10.1. The van der Waals surface area contributed by atoms with Crippen LogP contribution in [0, 0.1) is 6.92 Å². The van der Waals surface area contributed by atoms with E-state index in [2.05, 4.69) is 43.5 Å². The van der Waals surface area contributed by atoms with Gasteiger partial charge in [0.1, 0.15) is 5.75 Å². The zero-order valence-electron chi connectivity index (χ0n) is 11.3. The van der Waals surface area contributed by atoms with E-state index >= 15 is 0 Å². The van der Waals surface area contributed by atoms with Crippen molar-refractivity contribution in [1.29, 1.82) is 0 Å². The Kier molecular flexibility index (Phi) is 6.01. The molecule has 1 rings (SSSR count). The molecule has 1 aromatic carbocycles. The summed E-state index contributed by atoms with van der Waals surface area (Å²) >= 11 is 0. The summed E-state index contributed by atoms with van der Waals surface area (Å²) in [5, 5.41) is 6.80. The van der Waals surface area contributed by atoms with Gasteiger partial charge in [0.15, 0.2) is 0 Å². The number of hydrogen-bond acceptors (Lipinski definition) is 3. The van der Waals surface area contributed by atoms with Crippen LogP contribution in [0.1, 0.15) is 25.0 Å². The fraction of sp³-hybridized carbons (Fsp3) is 0.571. The Morgan fingerprint density at radius 3 is 2.59 bits per heavy atom. The van der Waals surface area contributed by atoms with Gasteiger partial charge < -0.3 is 15.4 Å². The first-order valence-electron chi connectivity index (χ1n) is 6.21. The molecular formula is C14H24N2O. The van der Waals surface area contributed by atoms with Crippen LogP contribution in [0.5, 0.6) is 5.75 Å². The van der Waals surface area contributed by atoms with Crippen molar-refractivity contribution >= 4 is 0 Å². The molecular weight excluding hydrogens is 212 g/mol. The first-order chi connectivity index (χ1) is 8.13. The number of aryl methyl sites for hydroxylation is 1. The van der Waals surface area contributed by atoms with Crippen molar-refractivity contribution in [2.45, 2.75) is 33.4 Å². The Labute approximate surface area is 105 Å². The second kappa shape index (κ2) is 7.30. The minimum absolute atomic E-state index is 0.556. The summed E-state index contributed by atoms with van der Waals surface area (Å²) in [6.07, 6.45) is 0. The zero-order chi connectivity index (χ0) is 12.7. The predicted molar refractivity (Wildman–Crippen MR) is 72.6 cm³/mol. The molecule has 0 saturated carbocycles. The number of methoxy groups -OCH3 is 1. The number of hydrogen-bond donors (Lipinski definition) is 2. The van der Waals surface area contributed by atoms with E-state index in [0.717, 1.165) is 25.4 Å². The molecule has 0 fully saturated rings. The Morgan fingerprint density at radius 1 is 1.24 bits per heavy atom. The first-order valence-corrected chi connectivity index (χ1v) is 6.21. The van der Waals surface area contributed by atoms with Crippen molar-refractivity contribution in [3.8, 4) is 5.75 Å². The molecule has 3 heteroatoms. The Morgan fingerprint density at radius 2 is 2.00 bits per heavy atom. The van der Waals surface area contributed by atoms with Crippen molar-refractivity contribution in [3.63, 3.8) is 0 Å². The highest BCUT2D eigenvalue weighted by atomic mass is 16.5. The summed E-state index contributed by atoms with van der Waals surface area (Å²) in [4.78, 5) is 0. The fourth-order valence-corrected chi connectivity index (χ4v) is 1.73. The van der Waals surface area contributed by atoms with Gasteiger partial charge in [-0.3, -0.25) is 0 Å². The summed E-state index contributed by atoms with van der Waals surface area (Å²) in [5.41, 5.74) is 2.49. The quantitative estimate of drug-likeness (QED) is 0.711. The summed E-state index contributed by atoms with van der Waals surface area (Å²) in [5.74, 6) is 0.954. The van der Waals surface area contributed by atoms with Crippen LogP contribution in [-0.2, 0) is 6.54 Å². The molecule has 96 valence electrons. The van der Waals surface area contributed by atoms with Crippen LogP contribution in [0.3, 0.4) is 0 Å². The van der Waals surface area contributed by atoms with Crippen LogP contribution >= 0.6 is 0 Å². The lowest BCUT2D eigenvalue weighted by molar-refractivity contribution is 0.411. The molecule has 0 aliphatic carbocycles. The van der Waals surface area contributed by atoms with E-state index in [9.17, 15) is 0 Å². The van der Waals surface area contributed by atoms with E-state index in [-0.39, 0.29) is 0 Å². The molecule has 0 heterocycles. The largest absolute Gasteiger partial charge is 0.496 e. The van der Waals surface area contributed by atoms with Crippen molar-refractivity contribution in [2.75, 3.05) is 20.2 Å². The van der Waals surface area contributed by atoms with Crippen LogP contribution in [0.25, 0.3) is 0 Å². The molecule has 0 aliphatic heterocycles. The molecule has 1 aromatic rings. The van der Waals surface area contributed by atoms with Crippen LogP contribution in [-0.4, -0.2) is 26.2 Å². The molecule has 2 N–H and O–H groups in total. The molecule has 0 unspecified atom stereocenters. The van der Waals surface area contributed by atoms with Gasteiger partial charge in [0.2, 0.25) is 0 Å².